The largest absolute Gasteiger partial charge is 0.488 e. The quantitative estimate of drug-likeness (QED) is 0.324. The summed E-state index contributed by atoms with van der Waals surface area (Å²) in [4.78, 5) is 27.9. The first-order chi connectivity index (χ1) is 20.7. The summed E-state index contributed by atoms with van der Waals surface area (Å²) in [6.45, 7) is 3.28. The Hall–Kier alpha value is -4.14. The topological polar surface area (TPSA) is 128 Å². The van der Waals surface area contributed by atoms with Gasteiger partial charge in [-0.1, -0.05) is 25.1 Å². The van der Waals surface area contributed by atoms with Crippen molar-refractivity contribution in [2.75, 3.05) is 37.4 Å². The molecule has 4 rings (SSSR count). The van der Waals surface area contributed by atoms with E-state index in [0.717, 1.165) is 24.3 Å². The molecule has 0 saturated heterocycles. The van der Waals surface area contributed by atoms with E-state index < -0.39 is 45.8 Å². The standard InChI is InChI=1S/C30H33F3N4O6S/c1-19-16-37(20(2)18-38)28(39)25-15-23(35-29(40)34-22-11-9-21(10-12-22)30(31,32)33)13-14-26(25)43-27(19)17-36(3)44(41,42)24-7-5-4-6-8-24/h4-15,19-20,27,38H,16-18H2,1-3H3,(H2,34,35,40)/t19-,20+,27-/m0/s1. The lowest BCUT2D eigenvalue weighted by molar-refractivity contribution is -0.137. The molecule has 3 atom stereocenters. The second-order valence-corrected chi connectivity index (χ2v) is 12.6. The number of aliphatic hydroxyl groups excluding tert-OH is 1. The van der Waals surface area contributed by atoms with Gasteiger partial charge in [-0.25, -0.2) is 13.2 Å². The van der Waals surface area contributed by atoms with Crippen molar-refractivity contribution >= 4 is 33.3 Å². The molecule has 0 aliphatic carbocycles. The second-order valence-electron chi connectivity index (χ2n) is 10.6. The number of urea groups is 1. The van der Waals surface area contributed by atoms with E-state index in [-0.39, 0.29) is 53.2 Å². The smallest absolute Gasteiger partial charge is 0.416 e. The average molecular weight is 635 g/mol. The second kappa shape index (κ2) is 13.2. The SMILES string of the molecule is C[C@H](CO)N1C[C@H](C)[C@H](CN(C)S(=O)(=O)c2ccccc2)Oc2ccc(NC(=O)Nc3ccc(C(F)(F)F)cc3)cc2C1=O. The number of fused-ring (bicyclic) bond motifs is 1. The minimum absolute atomic E-state index is 0.0388. The zero-order valence-corrected chi connectivity index (χ0v) is 25.0. The fourth-order valence-corrected chi connectivity index (χ4v) is 5.88. The first-order valence-electron chi connectivity index (χ1n) is 13.7. The number of benzene rings is 3. The number of likely N-dealkylation sites (N-methyl/N-ethyl adjacent to an activating group) is 1. The predicted molar refractivity (Wildman–Crippen MR) is 158 cm³/mol. The molecule has 236 valence electrons. The lowest BCUT2D eigenvalue weighted by Gasteiger charge is -2.38. The van der Waals surface area contributed by atoms with Crippen LogP contribution in [-0.2, 0) is 16.2 Å². The number of alkyl halides is 3. The number of nitrogens with zero attached hydrogens (tertiary/aromatic N) is 2. The van der Waals surface area contributed by atoms with E-state index in [9.17, 15) is 36.3 Å². The molecule has 0 saturated carbocycles. The van der Waals surface area contributed by atoms with Gasteiger partial charge in [-0.3, -0.25) is 4.79 Å². The molecule has 44 heavy (non-hydrogen) atoms. The summed E-state index contributed by atoms with van der Waals surface area (Å²) in [6.07, 6.45) is -5.21. The number of carbonyl (C=O) groups excluding carboxylic acids is 2. The van der Waals surface area contributed by atoms with Gasteiger partial charge >= 0.3 is 12.2 Å². The van der Waals surface area contributed by atoms with Gasteiger partial charge in [0, 0.05) is 30.9 Å². The lowest BCUT2D eigenvalue weighted by atomic mass is 9.99. The highest BCUT2D eigenvalue weighted by atomic mass is 32.2. The Balaban J connectivity index is 1.58. The summed E-state index contributed by atoms with van der Waals surface area (Å²) in [5.74, 6) is -0.661. The van der Waals surface area contributed by atoms with E-state index in [2.05, 4.69) is 10.6 Å². The highest BCUT2D eigenvalue weighted by Gasteiger charge is 2.35. The summed E-state index contributed by atoms with van der Waals surface area (Å²) in [5.41, 5.74) is -0.476. The van der Waals surface area contributed by atoms with Crippen molar-refractivity contribution in [3.8, 4) is 5.75 Å². The van der Waals surface area contributed by atoms with Gasteiger partial charge in [-0.2, -0.15) is 17.5 Å². The maximum atomic E-state index is 13.7. The van der Waals surface area contributed by atoms with Crippen molar-refractivity contribution in [3.05, 3.63) is 83.9 Å². The molecule has 0 spiro atoms. The van der Waals surface area contributed by atoms with E-state index in [1.807, 2.05) is 6.92 Å². The molecule has 3 aromatic carbocycles. The Labute approximate surface area is 253 Å². The molecule has 1 aliphatic rings. The summed E-state index contributed by atoms with van der Waals surface area (Å²) < 4.78 is 72.3. The fraction of sp³-hybridized carbons (Fsp3) is 0.333. The molecule has 3 aromatic rings. The number of halogens is 3. The summed E-state index contributed by atoms with van der Waals surface area (Å²) >= 11 is 0. The zero-order valence-electron chi connectivity index (χ0n) is 24.2. The Kier molecular flexibility index (Phi) is 9.86. The third-order valence-electron chi connectivity index (χ3n) is 7.28. The van der Waals surface area contributed by atoms with Crippen molar-refractivity contribution < 1.29 is 41.0 Å². The number of amides is 3. The molecule has 14 heteroatoms. The molecule has 10 nitrogen and oxygen atoms in total. The van der Waals surface area contributed by atoms with Crippen LogP contribution in [0.5, 0.6) is 5.75 Å². The van der Waals surface area contributed by atoms with Crippen molar-refractivity contribution in [1.82, 2.24) is 9.21 Å². The first kappa shape index (κ1) is 32.8. The molecular formula is C30H33F3N4O6S. The zero-order chi connectivity index (χ0) is 32.2. The molecule has 3 amide bonds. The first-order valence-corrected chi connectivity index (χ1v) is 15.1. The molecule has 1 heterocycles. The fourth-order valence-electron chi connectivity index (χ4n) is 4.68. The summed E-state index contributed by atoms with van der Waals surface area (Å²) in [7, 11) is -2.39. The highest BCUT2D eigenvalue weighted by molar-refractivity contribution is 7.89. The van der Waals surface area contributed by atoms with Crippen LogP contribution in [0, 0.1) is 5.92 Å². The molecule has 0 radical (unpaired) electrons. The Bertz CT molecular complexity index is 1590. The maximum absolute atomic E-state index is 13.7. The number of anilines is 2. The van der Waals surface area contributed by atoms with Gasteiger partial charge in [-0.05, 0) is 61.5 Å². The van der Waals surface area contributed by atoms with Crippen molar-refractivity contribution in [3.63, 3.8) is 0 Å². The van der Waals surface area contributed by atoms with Crippen LogP contribution in [-0.4, -0.2) is 73.6 Å². The van der Waals surface area contributed by atoms with Crippen LogP contribution >= 0.6 is 0 Å². The average Bonchev–Trinajstić information content (AvgIpc) is 2.99. The number of sulfonamides is 1. The molecule has 0 bridgehead atoms. The highest BCUT2D eigenvalue weighted by Crippen LogP contribution is 2.32. The van der Waals surface area contributed by atoms with Crippen LogP contribution in [0.3, 0.4) is 0 Å². The van der Waals surface area contributed by atoms with E-state index in [0.29, 0.717) is 0 Å². The van der Waals surface area contributed by atoms with Crippen LogP contribution in [0.15, 0.2) is 77.7 Å². The molecule has 1 aliphatic heterocycles. The number of aliphatic hydroxyl groups is 1. The van der Waals surface area contributed by atoms with Crippen molar-refractivity contribution in [1.29, 1.82) is 0 Å². The molecule has 0 unspecified atom stereocenters. The summed E-state index contributed by atoms with van der Waals surface area (Å²) in [5, 5.41) is 14.9. The van der Waals surface area contributed by atoms with Gasteiger partial charge in [0.05, 0.1) is 35.2 Å². The molecule has 0 fully saturated rings. The minimum Gasteiger partial charge on any atom is -0.488 e. The van der Waals surface area contributed by atoms with E-state index >= 15 is 0 Å². The van der Waals surface area contributed by atoms with Crippen LogP contribution < -0.4 is 15.4 Å². The number of nitrogens with one attached hydrogen (secondary N) is 2. The van der Waals surface area contributed by atoms with Crippen LogP contribution in [0.2, 0.25) is 0 Å². The number of rotatable bonds is 8. The summed E-state index contributed by atoms with van der Waals surface area (Å²) in [6, 6.07) is 14.9. The van der Waals surface area contributed by atoms with Gasteiger partial charge in [0.2, 0.25) is 10.0 Å². The third kappa shape index (κ3) is 7.49. The van der Waals surface area contributed by atoms with Crippen molar-refractivity contribution in [2.45, 2.75) is 37.1 Å². The monoisotopic (exact) mass is 634 g/mol. The maximum Gasteiger partial charge on any atom is 0.416 e. The van der Waals surface area contributed by atoms with Gasteiger partial charge in [0.1, 0.15) is 11.9 Å². The van der Waals surface area contributed by atoms with E-state index in [4.69, 9.17) is 4.74 Å². The van der Waals surface area contributed by atoms with Crippen molar-refractivity contribution in [2.24, 2.45) is 5.92 Å². The van der Waals surface area contributed by atoms with Gasteiger partial charge in [-0.15, -0.1) is 0 Å². The Morgan fingerprint density at radius 2 is 1.68 bits per heavy atom. The van der Waals surface area contributed by atoms with Crippen LogP contribution in [0.1, 0.15) is 29.8 Å². The van der Waals surface area contributed by atoms with E-state index in [1.165, 1.54) is 46.6 Å². The Morgan fingerprint density at radius 1 is 1.07 bits per heavy atom. The third-order valence-corrected chi connectivity index (χ3v) is 9.12. The van der Waals surface area contributed by atoms with Gasteiger partial charge in [0.25, 0.3) is 5.91 Å². The predicted octanol–water partition coefficient (Wildman–Crippen LogP) is 4.89. The van der Waals surface area contributed by atoms with Crippen LogP contribution in [0.25, 0.3) is 0 Å². The molecule has 0 aromatic heterocycles. The number of carbonyl (C=O) groups is 2. The minimum atomic E-state index is -4.51. The van der Waals surface area contributed by atoms with Gasteiger partial charge < -0.3 is 25.4 Å². The molecular weight excluding hydrogens is 601 g/mol. The number of hydrogen-bond acceptors (Lipinski definition) is 6. The van der Waals surface area contributed by atoms with E-state index in [1.54, 1.807) is 25.1 Å². The number of hydrogen-bond donors (Lipinski definition) is 3. The van der Waals surface area contributed by atoms with Crippen LogP contribution in [0.4, 0.5) is 29.3 Å². The number of ether oxygens (including phenoxy) is 1. The normalized spacial score (nSPS) is 18.1. The lowest BCUT2D eigenvalue weighted by Crippen LogP contribution is -2.50. The molecule has 3 N–H and O–H groups in total. The Morgan fingerprint density at radius 3 is 2.30 bits per heavy atom. The van der Waals surface area contributed by atoms with Gasteiger partial charge in [0.15, 0.2) is 0 Å².